The summed E-state index contributed by atoms with van der Waals surface area (Å²) in [4.78, 5) is 16.3. The van der Waals surface area contributed by atoms with E-state index in [1.165, 1.54) is 25.3 Å². The molecule has 8 heteroatoms. The number of carbonyl (C=O) groups is 1. The predicted molar refractivity (Wildman–Crippen MR) is 97.8 cm³/mol. The lowest BCUT2D eigenvalue weighted by molar-refractivity contribution is -0.129. The van der Waals surface area contributed by atoms with Crippen LogP contribution in [-0.2, 0) is 9.53 Å². The van der Waals surface area contributed by atoms with Gasteiger partial charge in [0, 0.05) is 5.56 Å². The topological polar surface area (TPSA) is 66.3 Å². The van der Waals surface area contributed by atoms with Crippen LogP contribution in [0.1, 0.15) is 18.1 Å². The molecule has 1 aliphatic heterocycles. The van der Waals surface area contributed by atoms with E-state index in [1.807, 2.05) is 6.92 Å². The molecular formula is C20H17F2NO5. The highest BCUT2D eigenvalue weighted by Crippen LogP contribution is 2.31. The van der Waals surface area contributed by atoms with Crippen molar-refractivity contribution in [1.29, 1.82) is 0 Å². The summed E-state index contributed by atoms with van der Waals surface area (Å²) in [5.41, 5.74) is 1.26. The van der Waals surface area contributed by atoms with E-state index < -0.39 is 12.6 Å². The summed E-state index contributed by atoms with van der Waals surface area (Å²) < 4.78 is 44.8. The first kappa shape index (κ1) is 19.3. The van der Waals surface area contributed by atoms with Crippen molar-refractivity contribution in [3.05, 3.63) is 59.3 Å². The zero-order valence-corrected chi connectivity index (χ0v) is 15.1. The molecule has 1 aliphatic rings. The quantitative estimate of drug-likeness (QED) is 0.528. The second-order valence-corrected chi connectivity index (χ2v) is 5.58. The van der Waals surface area contributed by atoms with E-state index >= 15 is 0 Å². The Morgan fingerprint density at radius 1 is 1.14 bits per heavy atom. The van der Waals surface area contributed by atoms with E-state index in [9.17, 15) is 13.6 Å². The van der Waals surface area contributed by atoms with Crippen LogP contribution >= 0.6 is 0 Å². The van der Waals surface area contributed by atoms with Crippen molar-refractivity contribution in [1.82, 2.24) is 0 Å². The minimum absolute atomic E-state index is 0.0454. The fourth-order valence-electron chi connectivity index (χ4n) is 2.51. The number of alkyl halides is 2. The number of cyclic esters (lactones) is 1. The highest BCUT2D eigenvalue weighted by atomic mass is 19.3. The monoisotopic (exact) mass is 389 g/mol. The van der Waals surface area contributed by atoms with E-state index in [2.05, 4.69) is 9.73 Å². The number of aliphatic imine (C=N–C) groups is 1. The molecule has 0 aromatic heterocycles. The molecule has 0 fully saturated rings. The average molecular weight is 389 g/mol. The molecule has 2 aromatic rings. The molecule has 0 amide bonds. The van der Waals surface area contributed by atoms with Gasteiger partial charge in [-0.2, -0.15) is 8.78 Å². The SMILES string of the molecule is CCOc1ccc(/C=C2\N=C(c3ccc(OC(F)F)c(OC)c3)OC2=O)cc1. The number of hydrogen-bond acceptors (Lipinski definition) is 6. The normalized spacial score (nSPS) is 14.8. The van der Waals surface area contributed by atoms with Gasteiger partial charge in [0.1, 0.15) is 5.75 Å². The second-order valence-electron chi connectivity index (χ2n) is 5.58. The highest BCUT2D eigenvalue weighted by Gasteiger charge is 2.25. The van der Waals surface area contributed by atoms with Crippen molar-refractivity contribution in [2.45, 2.75) is 13.5 Å². The van der Waals surface area contributed by atoms with Gasteiger partial charge in [0.15, 0.2) is 17.2 Å². The summed E-state index contributed by atoms with van der Waals surface area (Å²) in [6.45, 7) is -0.530. The van der Waals surface area contributed by atoms with Gasteiger partial charge >= 0.3 is 12.6 Å². The molecule has 0 unspecified atom stereocenters. The van der Waals surface area contributed by atoms with Gasteiger partial charge in [-0.05, 0) is 48.9 Å². The lowest BCUT2D eigenvalue weighted by Gasteiger charge is -2.10. The second kappa shape index (κ2) is 8.51. The van der Waals surface area contributed by atoms with Gasteiger partial charge < -0.3 is 18.9 Å². The number of rotatable bonds is 7. The van der Waals surface area contributed by atoms with E-state index in [4.69, 9.17) is 14.2 Å². The average Bonchev–Trinajstić information content (AvgIpc) is 3.04. The summed E-state index contributed by atoms with van der Waals surface area (Å²) in [7, 11) is 1.32. The van der Waals surface area contributed by atoms with Crippen molar-refractivity contribution in [2.24, 2.45) is 4.99 Å². The molecule has 28 heavy (non-hydrogen) atoms. The maximum Gasteiger partial charge on any atom is 0.387 e. The number of carbonyl (C=O) groups excluding carboxylic acids is 1. The van der Waals surface area contributed by atoms with Gasteiger partial charge in [-0.1, -0.05) is 12.1 Å². The number of ether oxygens (including phenoxy) is 4. The largest absolute Gasteiger partial charge is 0.494 e. The molecule has 146 valence electrons. The van der Waals surface area contributed by atoms with Crippen molar-refractivity contribution in [3.63, 3.8) is 0 Å². The van der Waals surface area contributed by atoms with Gasteiger partial charge in [0.2, 0.25) is 5.90 Å². The molecule has 0 saturated carbocycles. The summed E-state index contributed by atoms with van der Waals surface area (Å²) in [5.74, 6) is 0.0951. The van der Waals surface area contributed by atoms with Crippen LogP contribution < -0.4 is 14.2 Å². The molecule has 0 spiro atoms. The zero-order chi connectivity index (χ0) is 20.1. The van der Waals surface area contributed by atoms with Gasteiger partial charge in [0.05, 0.1) is 13.7 Å². The van der Waals surface area contributed by atoms with Crippen LogP contribution in [0.25, 0.3) is 6.08 Å². The molecule has 1 heterocycles. The van der Waals surface area contributed by atoms with E-state index in [1.54, 1.807) is 30.3 Å². The molecule has 3 rings (SSSR count). The van der Waals surface area contributed by atoms with Crippen LogP contribution in [-0.4, -0.2) is 32.2 Å². The van der Waals surface area contributed by atoms with Crippen molar-refractivity contribution in [3.8, 4) is 17.2 Å². The molecule has 0 saturated heterocycles. The van der Waals surface area contributed by atoms with Crippen LogP contribution in [0.5, 0.6) is 17.2 Å². The smallest absolute Gasteiger partial charge is 0.387 e. The van der Waals surface area contributed by atoms with Crippen molar-refractivity contribution >= 4 is 17.9 Å². The number of halogens is 2. The Kier molecular flexibility index (Phi) is 5.88. The molecule has 2 aromatic carbocycles. The molecule has 0 aliphatic carbocycles. The minimum Gasteiger partial charge on any atom is -0.494 e. The third-order valence-corrected chi connectivity index (χ3v) is 3.74. The molecule has 0 N–H and O–H groups in total. The van der Waals surface area contributed by atoms with E-state index in [0.717, 1.165) is 11.3 Å². The Morgan fingerprint density at radius 3 is 2.54 bits per heavy atom. The number of hydrogen-bond donors (Lipinski definition) is 0. The van der Waals surface area contributed by atoms with Crippen molar-refractivity contribution in [2.75, 3.05) is 13.7 Å². The van der Waals surface area contributed by atoms with Crippen LogP contribution in [0.15, 0.2) is 53.2 Å². The van der Waals surface area contributed by atoms with Gasteiger partial charge in [-0.3, -0.25) is 0 Å². The number of methoxy groups -OCH3 is 1. The third-order valence-electron chi connectivity index (χ3n) is 3.74. The lowest BCUT2D eigenvalue weighted by Crippen LogP contribution is -2.07. The van der Waals surface area contributed by atoms with Crippen LogP contribution in [0, 0.1) is 0 Å². The summed E-state index contributed by atoms with van der Waals surface area (Å²) in [6, 6.07) is 11.3. The lowest BCUT2D eigenvalue weighted by atomic mass is 10.2. The van der Waals surface area contributed by atoms with Crippen LogP contribution in [0.3, 0.4) is 0 Å². The van der Waals surface area contributed by atoms with Gasteiger partial charge in [0.25, 0.3) is 0 Å². The zero-order valence-electron chi connectivity index (χ0n) is 15.1. The Hall–Kier alpha value is -3.42. The fraction of sp³-hybridized carbons (Fsp3) is 0.200. The number of benzene rings is 2. The Labute approximate surface area is 160 Å². The van der Waals surface area contributed by atoms with Crippen LogP contribution in [0.2, 0.25) is 0 Å². The maximum atomic E-state index is 12.4. The molecule has 0 bridgehead atoms. The molecule has 0 atom stereocenters. The van der Waals surface area contributed by atoms with Crippen LogP contribution in [0.4, 0.5) is 8.78 Å². The molecule has 6 nitrogen and oxygen atoms in total. The third kappa shape index (κ3) is 4.46. The summed E-state index contributed by atoms with van der Waals surface area (Å²) in [6.07, 6.45) is 1.58. The fourth-order valence-corrected chi connectivity index (χ4v) is 2.51. The number of esters is 1. The van der Waals surface area contributed by atoms with E-state index in [0.29, 0.717) is 12.2 Å². The first-order valence-electron chi connectivity index (χ1n) is 8.38. The first-order chi connectivity index (χ1) is 13.5. The van der Waals surface area contributed by atoms with E-state index in [-0.39, 0.29) is 23.1 Å². The Morgan fingerprint density at radius 2 is 1.89 bits per heavy atom. The highest BCUT2D eigenvalue weighted by molar-refractivity contribution is 6.13. The van der Waals surface area contributed by atoms with Gasteiger partial charge in [-0.15, -0.1) is 0 Å². The minimum atomic E-state index is -2.98. The first-order valence-corrected chi connectivity index (χ1v) is 8.38. The van der Waals surface area contributed by atoms with Gasteiger partial charge in [-0.25, -0.2) is 9.79 Å². The van der Waals surface area contributed by atoms with Crippen molar-refractivity contribution < 1.29 is 32.5 Å². The predicted octanol–water partition coefficient (Wildman–Crippen LogP) is 4.04. The summed E-state index contributed by atoms with van der Waals surface area (Å²) >= 11 is 0. The Balaban J connectivity index is 1.85. The Bertz CT molecular complexity index is 923. The molecular weight excluding hydrogens is 372 g/mol. The maximum absolute atomic E-state index is 12.4. The number of nitrogens with zero attached hydrogens (tertiary/aromatic N) is 1. The standard InChI is InChI=1S/C20H17F2NO5/c1-3-26-14-7-4-12(5-8-14)10-15-19(24)28-18(23-15)13-6-9-16(27-20(21)22)17(11-13)25-2/h4-11,20H,3H2,1-2H3/b15-10-. The molecule has 0 radical (unpaired) electrons. The summed E-state index contributed by atoms with van der Waals surface area (Å²) in [5, 5.41) is 0.